The van der Waals surface area contributed by atoms with Gasteiger partial charge in [-0.2, -0.15) is 0 Å². The molecule has 1 aliphatic rings. The van der Waals surface area contributed by atoms with Crippen LogP contribution in [0.4, 0.5) is 0 Å². The van der Waals surface area contributed by atoms with Gasteiger partial charge in [0.15, 0.2) is 0 Å². The lowest BCUT2D eigenvalue weighted by molar-refractivity contribution is 0.0682. The van der Waals surface area contributed by atoms with E-state index in [1.165, 1.54) is 17.7 Å². The Morgan fingerprint density at radius 2 is 2.44 bits per heavy atom. The number of aryl methyl sites for hydroxylation is 1. The van der Waals surface area contributed by atoms with Gasteiger partial charge in [-0.05, 0) is 26.7 Å². The van der Waals surface area contributed by atoms with Crippen molar-refractivity contribution in [3.8, 4) is 0 Å². The Morgan fingerprint density at radius 1 is 1.62 bits per heavy atom. The van der Waals surface area contributed by atoms with E-state index in [0.29, 0.717) is 6.10 Å². The smallest absolute Gasteiger partial charge is 0.0797 e. The molecule has 0 spiro atoms. The number of hydrogen-bond acceptors (Lipinski definition) is 4. The topological polar surface area (TPSA) is 34.1 Å². The lowest BCUT2D eigenvalue weighted by Crippen LogP contribution is -2.28. The zero-order chi connectivity index (χ0) is 11.4. The average molecular weight is 240 g/mol. The van der Waals surface area contributed by atoms with Crippen LogP contribution in [0.25, 0.3) is 0 Å². The van der Waals surface area contributed by atoms with Crippen LogP contribution in [-0.4, -0.2) is 30.3 Å². The first-order valence-corrected chi connectivity index (χ1v) is 6.87. The Balaban J connectivity index is 1.57. The fourth-order valence-corrected chi connectivity index (χ4v) is 2.36. The summed E-state index contributed by atoms with van der Waals surface area (Å²) in [4.78, 5) is 5.58. The van der Waals surface area contributed by atoms with Gasteiger partial charge in [-0.3, -0.25) is 0 Å². The molecule has 16 heavy (non-hydrogen) atoms. The second kappa shape index (κ2) is 5.75. The van der Waals surface area contributed by atoms with Crippen molar-refractivity contribution < 1.29 is 4.74 Å². The minimum atomic E-state index is 0.314. The van der Waals surface area contributed by atoms with E-state index in [-0.39, 0.29) is 0 Å². The van der Waals surface area contributed by atoms with Crippen molar-refractivity contribution in [2.24, 2.45) is 0 Å². The molecule has 1 aromatic heterocycles. The summed E-state index contributed by atoms with van der Waals surface area (Å²) < 4.78 is 5.76. The first kappa shape index (κ1) is 12.0. The van der Waals surface area contributed by atoms with Crippen LogP contribution >= 0.6 is 11.3 Å². The molecule has 90 valence electrons. The lowest BCUT2D eigenvalue weighted by Gasteiger charge is -2.13. The van der Waals surface area contributed by atoms with Crippen molar-refractivity contribution in [3.63, 3.8) is 0 Å². The number of ether oxygens (including phenoxy) is 1. The van der Waals surface area contributed by atoms with Crippen molar-refractivity contribution in [1.29, 1.82) is 0 Å². The normalized spacial score (nSPS) is 17.6. The van der Waals surface area contributed by atoms with Gasteiger partial charge in [-0.1, -0.05) is 0 Å². The number of rotatable bonds is 7. The van der Waals surface area contributed by atoms with Gasteiger partial charge in [-0.15, -0.1) is 11.3 Å². The predicted molar refractivity (Wildman–Crippen MR) is 67.0 cm³/mol. The monoisotopic (exact) mass is 240 g/mol. The third-order valence-electron chi connectivity index (χ3n) is 2.85. The van der Waals surface area contributed by atoms with E-state index in [1.807, 2.05) is 5.51 Å². The molecule has 2 rings (SSSR count). The van der Waals surface area contributed by atoms with Crippen LogP contribution < -0.4 is 5.32 Å². The Kier molecular flexibility index (Phi) is 4.32. The van der Waals surface area contributed by atoms with Crippen molar-refractivity contribution in [1.82, 2.24) is 10.3 Å². The number of thiazole rings is 1. The third kappa shape index (κ3) is 3.85. The Bertz CT molecular complexity index is 323. The van der Waals surface area contributed by atoms with Crippen molar-refractivity contribution in [2.45, 2.75) is 45.3 Å². The molecule has 1 unspecified atom stereocenters. The highest BCUT2D eigenvalue weighted by Crippen LogP contribution is 2.18. The second-order valence-electron chi connectivity index (χ2n) is 4.47. The van der Waals surface area contributed by atoms with Crippen LogP contribution in [0, 0.1) is 6.92 Å². The zero-order valence-electron chi connectivity index (χ0n) is 10.0. The highest BCUT2D eigenvalue weighted by Gasteiger charge is 2.20. The maximum Gasteiger partial charge on any atom is 0.0797 e. The molecular weight excluding hydrogens is 220 g/mol. The van der Waals surface area contributed by atoms with Crippen molar-refractivity contribution >= 4 is 11.3 Å². The van der Waals surface area contributed by atoms with Crippen LogP contribution in [-0.2, 0) is 11.2 Å². The molecule has 0 saturated heterocycles. The minimum absolute atomic E-state index is 0.314. The van der Waals surface area contributed by atoms with E-state index in [9.17, 15) is 0 Å². The molecule has 4 heteroatoms. The molecule has 0 aliphatic heterocycles. The molecule has 1 N–H and O–H groups in total. The number of nitrogens with zero attached hydrogens (tertiary/aromatic N) is 1. The van der Waals surface area contributed by atoms with Crippen LogP contribution in [0.15, 0.2) is 5.51 Å². The van der Waals surface area contributed by atoms with Gasteiger partial charge in [0.1, 0.15) is 0 Å². The van der Waals surface area contributed by atoms with Gasteiger partial charge in [0.2, 0.25) is 0 Å². The summed E-state index contributed by atoms with van der Waals surface area (Å²) in [6, 6.07) is 0.773. The molecule has 1 heterocycles. The maximum atomic E-state index is 5.76. The van der Waals surface area contributed by atoms with Crippen LogP contribution in [0.2, 0.25) is 0 Å². The predicted octanol–water partition coefficient (Wildman–Crippen LogP) is 2.15. The van der Waals surface area contributed by atoms with E-state index in [1.54, 1.807) is 11.3 Å². The van der Waals surface area contributed by atoms with Crippen molar-refractivity contribution in [2.75, 3.05) is 13.2 Å². The highest BCUT2D eigenvalue weighted by molar-refractivity contribution is 7.09. The Hall–Kier alpha value is -0.450. The molecular formula is C12H20N2OS. The number of aromatic nitrogens is 1. The SMILES string of the molecule is Cc1ncsc1CCOC(C)CNC1CC1. The highest BCUT2D eigenvalue weighted by atomic mass is 32.1. The second-order valence-corrected chi connectivity index (χ2v) is 5.41. The number of nitrogens with one attached hydrogen (secondary N) is 1. The van der Waals surface area contributed by atoms with E-state index < -0.39 is 0 Å². The summed E-state index contributed by atoms with van der Waals surface area (Å²) in [6.07, 6.45) is 3.98. The summed E-state index contributed by atoms with van der Waals surface area (Å²) in [5.41, 5.74) is 3.06. The summed E-state index contributed by atoms with van der Waals surface area (Å²) >= 11 is 1.72. The van der Waals surface area contributed by atoms with Gasteiger partial charge in [0.25, 0.3) is 0 Å². The molecule has 0 amide bonds. The maximum absolute atomic E-state index is 5.76. The first-order valence-electron chi connectivity index (χ1n) is 5.99. The molecule has 1 fully saturated rings. The fraction of sp³-hybridized carbons (Fsp3) is 0.750. The quantitative estimate of drug-likeness (QED) is 0.793. The summed E-state index contributed by atoms with van der Waals surface area (Å²) in [5.74, 6) is 0. The van der Waals surface area contributed by atoms with E-state index in [0.717, 1.165) is 31.3 Å². The molecule has 1 aromatic rings. The average Bonchev–Trinajstić information content (AvgIpc) is 3.01. The molecule has 1 aliphatic carbocycles. The number of hydrogen-bond donors (Lipinski definition) is 1. The molecule has 0 radical (unpaired) electrons. The Labute approximate surface area is 101 Å². The largest absolute Gasteiger partial charge is 0.377 e. The van der Waals surface area contributed by atoms with Crippen LogP contribution in [0.5, 0.6) is 0 Å². The zero-order valence-corrected chi connectivity index (χ0v) is 10.8. The Morgan fingerprint density at radius 3 is 3.06 bits per heavy atom. The van der Waals surface area contributed by atoms with Crippen LogP contribution in [0.1, 0.15) is 30.3 Å². The summed E-state index contributed by atoms with van der Waals surface area (Å²) in [5, 5.41) is 3.48. The van der Waals surface area contributed by atoms with E-state index >= 15 is 0 Å². The lowest BCUT2D eigenvalue weighted by atomic mass is 10.3. The first-order chi connectivity index (χ1) is 7.75. The fourth-order valence-electron chi connectivity index (χ4n) is 1.60. The van der Waals surface area contributed by atoms with Gasteiger partial charge in [-0.25, -0.2) is 4.98 Å². The minimum Gasteiger partial charge on any atom is -0.377 e. The van der Waals surface area contributed by atoms with Crippen LogP contribution in [0.3, 0.4) is 0 Å². The van der Waals surface area contributed by atoms with E-state index in [2.05, 4.69) is 24.1 Å². The van der Waals surface area contributed by atoms with Crippen molar-refractivity contribution in [3.05, 3.63) is 16.1 Å². The third-order valence-corrected chi connectivity index (χ3v) is 3.84. The summed E-state index contributed by atoms with van der Waals surface area (Å²) in [6.45, 7) is 5.97. The van der Waals surface area contributed by atoms with Gasteiger partial charge in [0, 0.05) is 23.9 Å². The standard InChI is InChI=1S/C12H20N2OS/c1-9(7-13-11-3-4-11)15-6-5-12-10(2)14-8-16-12/h8-9,11,13H,3-7H2,1-2H3. The van der Waals surface area contributed by atoms with Gasteiger partial charge >= 0.3 is 0 Å². The summed E-state index contributed by atoms with van der Waals surface area (Å²) in [7, 11) is 0. The van der Waals surface area contributed by atoms with E-state index in [4.69, 9.17) is 4.74 Å². The molecule has 0 aromatic carbocycles. The molecule has 3 nitrogen and oxygen atoms in total. The van der Waals surface area contributed by atoms with Gasteiger partial charge < -0.3 is 10.1 Å². The van der Waals surface area contributed by atoms with Gasteiger partial charge in [0.05, 0.1) is 23.9 Å². The molecule has 0 bridgehead atoms. The molecule has 1 saturated carbocycles. The molecule has 1 atom stereocenters.